The topological polar surface area (TPSA) is 128 Å². The molecule has 5 rings (SSSR count). The zero-order valence-electron chi connectivity index (χ0n) is 21.7. The monoisotopic (exact) mass is 525 g/mol. The summed E-state index contributed by atoms with van der Waals surface area (Å²) in [5, 5.41) is 9.75. The largest absolute Gasteiger partial charge is 0.441 e. The second-order valence-corrected chi connectivity index (χ2v) is 9.10. The second-order valence-electron chi connectivity index (χ2n) is 9.10. The van der Waals surface area contributed by atoms with E-state index < -0.39 is 12.2 Å². The van der Waals surface area contributed by atoms with Gasteiger partial charge >= 0.3 is 12.2 Å². The molecule has 2 heterocycles. The molecule has 0 saturated heterocycles. The molecule has 0 spiro atoms. The summed E-state index contributed by atoms with van der Waals surface area (Å²) in [6.07, 6.45) is -0.309. The molecule has 1 aromatic heterocycles. The van der Waals surface area contributed by atoms with Crippen molar-refractivity contribution in [3.05, 3.63) is 94.7 Å². The molecule has 9 nitrogen and oxygen atoms in total. The van der Waals surface area contributed by atoms with Crippen LogP contribution < -0.4 is 10.6 Å². The van der Waals surface area contributed by atoms with Crippen LogP contribution in [-0.4, -0.2) is 23.3 Å². The summed E-state index contributed by atoms with van der Waals surface area (Å²) in [7, 11) is 0. The van der Waals surface area contributed by atoms with Gasteiger partial charge in [-0.05, 0) is 60.2 Å². The fourth-order valence-electron chi connectivity index (χ4n) is 4.50. The first-order chi connectivity index (χ1) is 18.8. The van der Waals surface area contributed by atoms with E-state index in [-0.39, 0.29) is 12.1 Å². The number of aryl methyl sites for hydroxylation is 2. The Morgan fingerprint density at radius 2 is 1.67 bits per heavy atom. The van der Waals surface area contributed by atoms with Gasteiger partial charge in [0.15, 0.2) is 5.76 Å². The Labute approximate surface area is 225 Å². The van der Waals surface area contributed by atoms with Crippen molar-refractivity contribution in [1.82, 2.24) is 10.5 Å². The molecule has 1 unspecified atom stereocenters. The minimum absolute atomic E-state index is 0.0554. The average molecular weight is 526 g/mol. The van der Waals surface area contributed by atoms with E-state index in [9.17, 15) is 9.59 Å². The minimum Gasteiger partial charge on any atom is -0.441 e. The van der Waals surface area contributed by atoms with E-state index in [1.54, 1.807) is 6.92 Å². The lowest BCUT2D eigenvalue weighted by Crippen LogP contribution is -2.30. The molecule has 1 aliphatic heterocycles. The van der Waals surface area contributed by atoms with Crippen LogP contribution in [0.1, 0.15) is 41.0 Å². The van der Waals surface area contributed by atoms with Crippen LogP contribution >= 0.6 is 0 Å². The SMILES string of the molecule is Cc1ccccc1C(C)OC(=O)Nc1c(C)noc1-c1ccc(-c2ccc3c(c2)CNC(=O)C3)cc1.O=C=O. The van der Waals surface area contributed by atoms with Crippen LogP contribution in [0.3, 0.4) is 0 Å². The van der Waals surface area contributed by atoms with Gasteiger partial charge in [0, 0.05) is 12.1 Å². The smallest absolute Gasteiger partial charge is 0.412 e. The standard InChI is InChI=1S/C29H27N3O4.CO2/c1-17-6-4-5-7-25(17)19(3)35-29(34)31-27-18(2)32-36-28(27)21-10-8-20(9-11-21)22-12-13-23-15-26(33)30-16-24(23)14-22;2-1-3/h4-14,19H,15-16H2,1-3H3,(H,30,33)(H,31,34);. The summed E-state index contributed by atoms with van der Waals surface area (Å²) in [5.74, 6) is 0.521. The van der Waals surface area contributed by atoms with Gasteiger partial charge in [0.1, 0.15) is 17.5 Å². The van der Waals surface area contributed by atoms with Crippen molar-refractivity contribution in [2.45, 2.75) is 39.8 Å². The summed E-state index contributed by atoms with van der Waals surface area (Å²) in [6, 6.07) is 21.8. The highest BCUT2D eigenvalue weighted by molar-refractivity contribution is 5.91. The molecule has 39 heavy (non-hydrogen) atoms. The number of nitrogens with zero attached hydrogens (tertiary/aromatic N) is 1. The molecule has 0 bridgehead atoms. The maximum Gasteiger partial charge on any atom is 0.412 e. The molecule has 0 saturated carbocycles. The zero-order chi connectivity index (χ0) is 27.9. The zero-order valence-corrected chi connectivity index (χ0v) is 21.7. The normalized spacial score (nSPS) is 12.6. The van der Waals surface area contributed by atoms with Crippen LogP contribution in [0.15, 0.2) is 71.3 Å². The predicted octanol–water partition coefficient (Wildman–Crippen LogP) is 5.52. The number of rotatable bonds is 5. The first kappa shape index (κ1) is 27.0. The molecule has 2 N–H and O–H groups in total. The van der Waals surface area contributed by atoms with Crippen LogP contribution in [0.5, 0.6) is 0 Å². The van der Waals surface area contributed by atoms with Crippen molar-refractivity contribution < 1.29 is 28.4 Å². The van der Waals surface area contributed by atoms with Crippen LogP contribution in [-0.2, 0) is 32.1 Å². The summed E-state index contributed by atoms with van der Waals surface area (Å²) in [4.78, 5) is 40.6. The Balaban J connectivity index is 0.00000112. The Hall–Kier alpha value is -5.01. The van der Waals surface area contributed by atoms with Gasteiger partial charge in [-0.25, -0.2) is 4.79 Å². The third-order valence-electron chi connectivity index (χ3n) is 6.51. The fourth-order valence-corrected chi connectivity index (χ4v) is 4.50. The Morgan fingerprint density at radius 3 is 2.38 bits per heavy atom. The van der Waals surface area contributed by atoms with Crippen molar-refractivity contribution in [3.8, 4) is 22.5 Å². The van der Waals surface area contributed by atoms with Gasteiger partial charge < -0.3 is 14.6 Å². The van der Waals surface area contributed by atoms with Gasteiger partial charge in [-0.1, -0.05) is 65.8 Å². The number of ether oxygens (including phenoxy) is 1. The molecule has 2 amide bonds. The Kier molecular flexibility index (Phi) is 8.33. The molecule has 3 aromatic carbocycles. The summed E-state index contributed by atoms with van der Waals surface area (Å²) in [5.41, 5.74) is 8.14. The van der Waals surface area contributed by atoms with Crippen molar-refractivity contribution >= 4 is 23.8 Å². The molecule has 198 valence electrons. The van der Waals surface area contributed by atoms with Gasteiger partial charge in [0.25, 0.3) is 0 Å². The maximum atomic E-state index is 12.7. The van der Waals surface area contributed by atoms with Crippen LogP contribution in [0.2, 0.25) is 0 Å². The molecule has 0 aliphatic carbocycles. The number of anilines is 1. The van der Waals surface area contributed by atoms with Crippen molar-refractivity contribution in [2.75, 3.05) is 5.32 Å². The highest BCUT2D eigenvalue weighted by atomic mass is 16.6. The van der Waals surface area contributed by atoms with Crippen molar-refractivity contribution in [2.24, 2.45) is 0 Å². The van der Waals surface area contributed by atoms with Crippen LogP contribution in [0.4, 0.5) is 10.5 Å². The summed E-state index contributed by atoms with van der Waals surface area (Å²) in [6.45, 7) is 6.15. The van der Waals surface area contributed by atoms with Crippen molar-refractivity contribution in [1.29, 1.82) is 0 Å². The van der Waals surface area contributed by atoms with Gasteiger partial charge in [-0.2, -0.15) is 9.59 Å². The number of amides is 2. The number of hydrogen-bond donors (Lipinski definition) is 2. The molecular formula is C30H27N3O6. The number of benzene rings is 3. The lowest BCUT2D eigenvalue weighted by atomic mass is 9.95. The highest BCUT2D eigenvalue weighted by Gasteiger charge is 2.21. The second kappa shape index (κ2) is 12.0. The summed E-state index contributed by atoms with van der Waals surface area (Å²) >= 11 is 0. The quantitative estimate of drug-likeness (QED) is 0.351. The van der Waals surface area contributed by atoms with Crippen molar-refractivity contribution in [3.63, 3.8) is 0 Å². The number of nitrogens with one attached hydrogen (secondary N) is 2. The van der Waals surface area contributed by atoms with Crippen LogP contribution in [0, 0.1) is 13.8 Å². The van der Waals surface area contributed by atoms with E-state index in [0.29, 0.717) is 30.1 Å². The van der Waals surface area contributed by atoms with E-state index in [4.69, 9.17) is 18.8 Å². The molecule has 1 atom stereocenters. The molecule has 0 fully saturated rings. The van der Waals surface area contributed by atoms with E-state index in [1.807, 2.05) is 74.5 Å². The van der Waals surface area contributed by atoms with Gasteiger partial charge in [0.2, 0.25) is 5.91 Å². The first-order valence-electron chi connectivity index (χ1n) is 12.3. The van der Waals surface area contributed by atoms with E-state index in [0.717, 1.165) is 38.9 Å². The van der Waals surface area contributed by atoms with Gasteiger partial charge in [-0.15, -0.1) is 0 Å². The predicted molar refractivity (Wildman–Crippen MR) is 142 cm³/mol. The number of aromatic nitrogens is 1. The number of carbonyl (C=O) groups is 2. The number of fused-ring (bicyclic) bond motifs is 1. The maximum absolute atomic E-state index is 12.7. The third-order valence-corrected chi connectivity index (χ3v) is 6.51. The lowest BCUT2D eigenvalue weighted by molar-refractivity contribution is -0.191. The molecule has 4 aromatic rings. The minimum atomic E-state index is -0.573. The average Bonchev–Trinajstić information content (AvgIpc) is 3.28. The first-order valence-corrected chi connectivity index (χ1v) is 12.3. The fraction of sp³-hybridized carbons (Fsp3) is 0.200. The van der Waals surface area contributed by atoms with E-state index in [2.05, 4.69) is 21.9 Å². The number of hydrogen-bond acceptors (Lipinski definition) is 7. The van der Waals surface area contributed by atoms with Crippen LogP contribution in [0.25, 0.3) is 22.5 Å². The Bertz CT molecular complexity index is 1530. The van der Waals surface area contributed by atoms with E-state index in [1.165, 1.54) is 0 Å². The highest BCUT2D eigenvalue weighted by Crippen LogP contribution is 2.33. The molecular weight excluding hydrogens is 498 g/mol. The van der Waals surface area contributed by atoms with Gasteiger partial charge in [-0.3, -0.25) is 10.1 Å². The molecule has 0 radical (unpaired) electrons. The Morgan fingerprint density at radius 1 is 1.00 bits per heavy atom. The lowest BCUT2D eigenvalue weighted by Gasteiger charge is -2.17. The third kappa shape index (κ3) is 6.29. The number of carbonyl (C=O) groups excluding carboxylic acids is 4. The van der Waals surface area contributed by atoms with Gasteiger partial charge in [0.05, 0.1) is 6.42 Å². The molecule has 1 aliphatic rings. The summed E-state index contributed by atoms with van der Waals surface area (Å²) < 4.78 is 11.2. The van der Waals surface area contributed by atoms with E-state index >= 15 is 0 Å². The molecule has 9 heteroatoms.